The van der Waals surface area contributed by atoms with Gasteiger partial charge in [0.15, 0.2) is 0 Å². The van der Waals surface area contributed by atoms with Gasteiger partial charge in [-0.2, -0.15) is 0 Å². The molecule has 1 rings (SSSR count). The third-order valence-corrected chi connectivity index (χ3v) is 3.27. The summed E-state index contributed by atoms with van der Waals surface area (Å²) in [5.74, 6) is 0.292. The van der Waals surface area contributed by atoms with Crippen LogP contribution in [0, 0.1) is 0 Å². The third-order valence-electron chi connectivity index (χ3n) is 0.944. The molecule has 1 atom stereocenters. The Morgan fingerprint density at radius 2 is 2.62 bits per heavy atom. The molecule has 0 radical (unpaired) electrons. The van der Waals surface area contributed by atoms with E-state index in [1.165, 1.54) is 4.43 Å². The van der Waals surface area contributed by atoms with Crippen LogP contribution < -0.4 is 26.5 Å². The van der Waals surface area contributed by atoms with E-state index in [1.807, 2.05) is 6.92 Å². The van der Waals surface area contributed by atoms with Gasteiger partial charge in [0, 0.05) is 0 Å². The predicted octanol–water partition coefficient (Wildman–Crippen LogP) is -3.41. The maximum atomic E-state index is 10.7. The number of alkyl halides is 2. The van der Waals surface area contributed by atoms with E-state index in [2.05, 4.69) is 5.32 Å². The second kappa shape index (κ2) is 2.66. The van der Waals surface area contributed by atoms with E-state index in [0.29, 0.717) is 31.0 Å². The van der Waals surface area contributed by atoms with Crippen molar-refractivity contribution < 1.29 is 26.0 Å². The van der Waals surface area contributed by atoms with E-state index in [0.717, 1.165) is 6.54 Å². The molecule has 0 aromatic carbocycles. The molecular weight excluding hydrogens is 217 g/mol. The molecule has 2 nitrogen and oxygen atoms in total. The SMILES string of the molecule is CCNC(=O)C1C[I-]1. The number of nitrogens with one attached hydrogen (secondary N) is 1. The van der Waals surface area contributed by atoms with Crippen LogP contribution in [0.25, 0.3) is 0 Å². The van der Waals surface area contributed by atoms with Crippen LogP contribution in [0.5, 0.6) is 0 Å². The van der Waals surface area contributed by atoms with Gasteiger partial charge in [0.05, 0.1) is 0 Å². The monoisotopic (exact) mass is 226 g/mol. The zero-order chi connectivity index (χ0) is 5.98. The molecule has 1 aliphatic heterocycles. The molecule has 1 aliphatic rings. The molecule has 0 spiro atoms. The second-order valence-electron chi connectivity index (χ2n) is 1.67. The van der Waals surface area contributed by atoms with Crippen LogP contribution in [0.1, 0.15) is 6.92 Å². The van der Waals surface area contributed by atoms with E-state index < -0.39 is 0 Å². The summed E-state index contributed by atoms with van der Waals surface area (Å²) in [5.41, 5.74) is 0. The van der Waals surface area contributed by atoms with Crippen molar-refractivity contribution in [2.24, 2.45) is 0 Å². The van der Waals surface area contributed by atoms with Gasteiger partial charge in [-0.1, -0.05) is 0 Å². The molecule has 0 aromatic rings. The molecule has 1 fully saturated rings. The molecule has 8 heavy (non-hydrogen) atoms. The Morgan fingerprint density at radius 3 is 3.00 bits per heavy atom. The van der Waals surface area contributed by atoms with Crippen LogP contribution in [0.15, 0.2) is 0 Å². The van der Waals surface area contributed by atoms with Crippen molar-refractivity contribution in [1.29, 1.82) is 0 Å². The van der Waals surface area contributed by atoms with Gasteiger partial charge in [-0.15, -0.1) is 0 Å². The Kier molecular flexibility index (Phi) is 2.10. The summed E-state index contributed by atoms with van der Waals surface area (Å²) in [6.45, 7) is 2.75. The van der Waals surface area contributed by atoms with Crippen molar-refractivity contribution in [3.8, 4) is 0 Å². The standard InChI is InChI=1S/C5H9INO/c1-2-7-5(8)4-3-6-4/h4H,2-3H2,1H3,(H,7,8)/q-1. The molecule has 1 N–H and O–H groups in total. The second-order valence-corrected chi connectivity index (χ2v) is 4.94. The first-order valence-electron chi connectivity index (χ1n) is 2.70. The van der Waals surface area contributed by atoms with Gasteiger partial charge < -0.3 is 0 Å². The van der Waals surface area contributed by atoms with Crippen LogP contribution >= 0.6 is 0 Å². The fourth-order valence-electron chi connectivity index (χ4n) is 0.470. The topological polar surface area (TPSA) is 29.1 Å². The zero-order valence-corrected chi connectivity index (χ0v) is 6.94. The molecule has 0 bridgehead atoms. The van der Waals surface area contributed by atoms with Crippen molar-refractivity contribution in [3.63, 3.8) is 0 Å². The summed E-state index contributed by atoms with van der Waals surface area (Å²) < 4.78 is 1.69. The molecule has 1 amide bonds. The number of halogens is 1. The van der Waals surface area contributed by atoms with E-state index in [-0.39, 0.29) is 0 Å². The number of carbonyl (C=O) groups excluding carboxylic acids is 1. The van der Waals surface area contributed by atoms with Crippen LogP contribution in [0.3, 0.4) is 0 Å². The summed E-state index contributed by atoms with van der Waals surface area (Å²) in [4.78, 5) is 10.7. The van der Waals surface area contributed by atoms with Gasteiger partial charge in [0.25, 0.3) is 0 Å². The van der Waals surface area contributed by atoms with Crippen LogP contribution in [0.2, 0.25) is 0 Å². The van der Waals surface area contributed by atoms with Crippen molar-refractivity contribution in [2.45, 2.75) is 10.8 Å². The Bertz CT molecular complexity index is 101. The number of rotatable bonds is 2. The Balaban J connectivity index is 2.13. The first kappa shape index (κ1) is 6.32. The Labute approximate surface area is 59.3 Å². The molecular formula is C5H9INO-. The van der Waals surface area contributed by atoms with Crippen molar-refractivity contribution in [1.82, 2.24) is 5.32 Å². The van der Waals surface area contributed by atoms with Crippen molar-refractivity contribution >= 4 is 5.91 Å². The first-order valence-corrected chi connectivity index (χ1v) is 5.47. The van der Waals surface area contributed by atoms with Crippen LogP contribution in [0.4, 0.5) is 0 Å². The summed E-state index contributed by atoms with van der Waals surface area (Å²) in [5, 5.41) is 2.80. The normalized spacial score (nSPS) is 25.9. The van der Waals surface area contributed by atoms with Crippen LogP contribution in [-0.2, 0) is 4.79 Å². The van der Waals surface area contributed by atoms with E-state index in [4.69, 9.17) is 0 Å². The molecule has 0 aromatic heterocycles. The average molecular weight is 226 g/mol. The molecule has 0 aliphatic carbocycles. The fraction of sp³-hybridized carbons (Fsp3) is 0.800. The van der Waals surface area contributed by atoms with Gasteiger partial charge in [-0.05, 0) is 0 Å². The Hall–Kier alpha value is 0.200. The molecule has 0 saturated carbocycles. The number of hydrogen-bond acceptors (Lipinski definition) is 1. The summed E-state index contributed by atoms with van der Waals surface area (Å²) in [7, 11) is 0. The summed E-state index contributed by atoms with van der Waals surface area (Å²) in [6.07, 6.45) is 0. The maximum absolute atomic E-state index is 10.7. The molecule has 1 heterocycles. The predicted molar refractivity (Wildman–Crippen MR) is 27.3 cm³/mol. The van der Waals surface area contributed by atoms with Gasteiger partial charge in [0.2, 0.25) is 0 Å². The first-order chi connectivity index (χ1) is 3.84. The number of carbonyl (C=O) groups is 1. The molecule has 3 heteroatoms. The number of hydrogen-bond donors (Lipinski definition) is 1. The van der Waals surface area contributed by atoms with Gasteiger partial charge in [-0.25, -0.2) is 0 Å². The number of amides is 1. The minimum atomic E-state index is 0.292. The van der Waals surface area contributed by atoms with Crippen molar-refractivity contribution in [2.75, 3.05) is 11.0 Å². The van der Waals surface area contributed by atoms with Gasteiger partial charge >= 0.3 is 59.0 Å². The fourth-order valence-corrected chi connectivity index (χ4v) is 1.74. The quantitative estimate of drug-likeness (QED) is 0.386. The summed E-state index contributed by atoms with van der Waals surface area (Å²) in [6, 6.07) is 0. The third kappa shape index (κ3) is 1.61. The molecule has 1 saturated heterocycles. The van der Waals surface area contributed by atoms with E-state index in [1.54, 1.807) is 0 Å². The van der Waals surface area contributed by atoms with E-state index >= 15 is 0 Å². The van der Waals surface area contributed by atoms with Gasteiger partial charge in [-0.3, -0.25) is 0 Å². The zero-order valence-electron chi connectivity index (χ0n) is 4.78. The molecule has 48 valence electrons. The van der Waals surface area contributed by atoms with Crippen LogP contribution in [-0.4, -0.2) is 20.8 Å². The van der Waals surface area contributed by atoms with Gasteiger partial charge in [0.1, 0.15) is 0 Å². The summed E-state index contributed by atoms with van der Waals surface area (Å²) >= 11 is 0.309. The Morgan fingerprint density at radius 1 is 2.00 bits per heavy atom. The molecule has 1 unspecified atom stereocenters. The average Bonchev–Trinajstić information content (AvgIpc) is 2.45. The van der Waals surface area contributed by atoms with E-state index in [9.17, 15) is 4.79 Å². The van der Waals surface area contributed by atoms with Crippen molar-refractivity contribution in [3.05, 3.63) is 0 Å². The minimum absolute atomic E-state index is 0.292.